The van der Waals surface area contributed by atoms with Crippen LogP contribution < -0.4 is 0 Å². The van der Waals surface area contributed by atoms with E-state index in [2.05, 4.69) is 32.7 Å². The number of hydrogen-bond acceptors (Lipinski definition) is 2. The van der Waals surface area contributed by atoms with Crippen LogP contribution in [-0.2, 0) is 0 Å². The molecule has 0 fully saturated rings. The van der Waals surface area contributed by atoms with Gasteiger partial charge in [0.1, 0.15) is 12.2 Å². The maximum atomic E-state index is 12.3. The molecule has 0 aliphatic rings. The first-order valence-corrected chi connectivity index (χ1v) is 5.30. The van der Waals surface area contributed by atoms with E-state index in [1.807, 2.05) is 0 Å². The van der Waals surface area contributed by atoms with Crippen molar-refractivity contribution in [2.75, 3.05) is 13.1 Å². The zero-order chi connectivity index (χ0) is 13.1. The van der Waals surface area contributed by atoms with Crippen molar-refractivity contribution in [1.82, 2.24) is 15.1 Å². The van der Waals surface area contributed by atoms with E-state index >= 15 is 0 Å². The van der Waals surface area contributed by atoms with Crippen LogP contribution in [0.2, 0.25) is 0 Å². The van der Waals surface area contributed by atoms with Crippen LogP contribution in [-0.4, -0.2) is 40.3 Å². The van der Waals surface area contributed by atoms with Crippen molar-refractivity contribution >= 4 is 21.8 Å². The van der Waals surface area contributed by atoms with Gasteiger partial charge < -0.3 is 4.90 Å². The molecule has 0 bridgehead atoms. The zero-order valence-electron chi connectivity index (χ0n) is 8.59. The first-order chi connectivity index (χ1) is 7.85. The molecule has 1 N–H and O–H groups in total. The van der Waals surface area contributed by atoms with Gasteiger partial charge in [-0.25, -0.2) is 0 Å². The number of amides is 1. The summed E-state index contributed by atoms with van der Waals surface area (Å²) in [6, 6.07) is 0. The Balaban J connectivity index is 2.88. The van der Waals surface area contributed by atoms with Gasteiger partial charge in [-0.1, -0.05) is 6.08 Å². The largest absolute Gasteiger partial charge is 0.406 e. The molecular formula is C9H9BrF3N3O. The van der Waals surface area contributed by atoms with E-state index in [1.165, 1.54) is 12.3 Å². The maximum absolute atomic E-state index is 12.3. The van der Waals surface area contributed by atoms with Crippen LogP contribution in [0.3, 0.4) is 0 Å². The van der Waals surface area contributed by atoms with Crippen molar-refractivity contribution in [3.8, 4) is 0 Å². The second-order valence-corrected chi connectivity index (χ2v) is 4.04. The van der Waals surface area contributed by atoms with Gasteiger partial charge in [0.25, 0.3) is 5.91 Å². The number of hydrogen-bond donors (Lipinski definition) is 1. The van der Waals surface area contributed by atoms with E-state index in [9.17, 15) is 18.0 Å². The molecule has 4 nitrogen and oxygen atoms in total. The van der Waals surface area contributed by atoms with Crippen LogP contribution in [0.1, 0.15) is 10.5 Å². The van der Waals surface area contributed by atoms with Gasteiger partial charge in [0.15, 0.2) is 0 Å². The Morgan fingerprint density at radius 2 is 2.29 bits per heavy atom. The van der Waals surface area contributed by atoms with Gasteiger partial charge >= 0.3 is 6.18 Å². The van der Waals surface area contributed by atoms with Crippen molar-refractivity contribution < 1.29 is 18.0 Å². The molecular weight excluding hydrogens is 303 g/mol. The number of alkyl halides is 3. The topological polar surface area (TPSA) is 49.0 Å². The van der Waals surface area contributed by atoms with Crippen molar-refractivity contribution in [2.45, 2.75) is 6.18 Å². The Kier molecular flexibility index (Phi) is 4.33. The van der Waals surface area contributed by atoms with E-state index in [-0.39, 0.29) is 12.2 Å². The Hall–Kier alpha value is -1.31. The minimum Gasteiger partial charge on any atom is -0.324 e. The first-order valence-electron chi connectivity index (χ1n) is 4.51. The fourth-order valence-electron chi connectivity index (χ4n) is 1.17. The van der Waals surface area contributed by atoms with Crippen LogP contribution >= 0.6 is 15.9 Å². The van der Waals surface area contributed by atoms with E-state index < -0.39 is 18.6 Å². The normalized spacial score (nSPS) is 11.3. The van der Waals surface area contributed by atoms with E-state index in [1.54, 1.807) is 0 Å². The third-order valence-electron chi connectivity index (χ3n) is 1.81. The van der Waals surface area contributed by atoms with Crippen molar-refractivity contribution in [3.05, 3.63) is 29.0 Å². The van der Waals surface area contributed by atoms with E-state index in [0.717, 1.165) is 0 Å². The summed E-state index contributed by atoms with van der Waals surface area (Å²) in [5.41, 5.74) is -0.0175. The summed E-state index contributed by atoms with van der Waals surface area (Å²) in [7, 11) is 0. The standard InChI is InChI=1S/C9H9BrF3N3O/c1-2-3-16(5-9(11,12)13)8(17)7-6(10)4-14-15-7/h2,4H,1,3,5H2,(H,14,15). The number of carbonyl (C=O) groups excluding carboxylic acids is 1. The monoisotopic (exact) mass is 311 g/mol. The fraction of sp³-hybridized carbons (Fsp3) is 0.333. The number of carbonyl (C=O) groups is 1. The summed E-state index contributed by atoms with van der Waals surface area (Å²) in [6.07, 6.45) is -1.92. The van der Waals surface area contributed by atoms with Gasteiger partial charge in [0.2, 0.25) is 0 Å². The lowest BCUT2D eigenvalue weighted by atomic mass is 10.3. The molecule has 0 atom stereocenters. The second kappa shape index (κ2) is 5.35. The van der Waals surface area contributed by atoms with Gasteiger partial charge in [-0.3, -0.25) is 9.89 Å². The average Bonchev–Trinajstić information content (AvgIpc) is 2.61. The van der Waals surface area contributed by atoms with Crippen LogP contribution in [0.4, 0.5) is 13.2 Å². The van der Waals surface area contributed by atoms with Crippen LogP contribution in [0, 0.1) is 0 Å². The summed E-state index contributed by atoms with van der Waals surface area (Å²) in [5.74, 6) is -0.786. The molecule has 0 saturated carbocycles. The Labute approximate surface area is 104 Å². The molecule has 17 heavy (non-hydrogen) atoms. The SMILES string of the molecule is C=CCN(CC(F)(F)F)C(=O)c1[nH]ncc1Br. The van der Waals surface area contributed by atoms with E-state index in [4.69, 9.17) is 0 Å². The van der Waals surface area contributed by atoms with Crippen LogP contribution in [0.25, 0.3) is 0 Å². The lowest BCUT2D eigenvalue weighted by molar-refractivity contribution is -0.139. The molecule has 94 valence electrons. The summed E-state index contributed by atoms with van der Waals surface area (Å²) in [5, 5.41) is 5.90. The smallest absolute Gasteiger partial charge is 0.324 e. The average molecular weight is 312 g/mol. The number of nitrogens with one attached hydrogen (secondary N) is 1. The highest BCUT2D eigenvalue weighted by Gasteiger charge is 2.33. The van der Waals surface area contributed by atoms with Gasteiger partial charge in [-0.2, -0.15) is 18.3 Å². The molecule has 8 heteroatoms. The fourth-order valence-corrected chi connectivity index (χ4v) is 1.53. The van der Waals surface area contributed by atoms with Crippen LogP contribution in [0.5, 0.6) is 0 Å². The highest BCUT2D eigenvalue weighted by molar-refractivity contribution is 9.10. The minimum absolute atomic E-state index is 0.0175. The predicted molar refractivity (Wildman–Crippen MR) is 58.4 cm³/mol. The van der Waals surface area contributed by atoms with Crippen molar-refractivity contribution in [1.29, 1.82) is 0 Å². The molecule has 0 saturated heterocycles. The third-order valence-corrected chi connectivity index (χ3v) is 2.42. The molecule has 0 unspecified atom stereocenters. The second-order valence-electron chi connectivity index (χ2n) is 3.18. The molecule has 0 aliphatic carbocycles. The zero-order valence-corrected chi connectivity index (χ0v) is 10.2. The molecule has 1 aromatic heterocycles. The lowest BCUT2D eigenvalue weighted by Crippen LogP contribution is -2.39. The molecule has 0 spiro atoms. The Bertz CT molecular complexity index is 416. The highest BCUT2D eigenvalue weighted by Crippen LogP contribution is 2.20. The molecule has 0 radical (unpaired) electrons. The van der Waals surface area contributed by atoms with Crippen LogP contribution in [0.15, 0.2) is 23.3 Å². The maximum Gasteiger partial charge on any atom is 0.406 e. The van der Waals surface area contributed by atoms with Gasteiger partial charge in [-0.05, 0) is 15.9 Å². The van der Waals surface area contributed by atoms with E-state index in [0.29, 0.717) is 9.37 Å². The summed E-state index contributed by atoms with van der Waals surface area (Å²) in [6.45, 7) is 1.80. The quantitative estimate of drug-likeness (QED) is 0.868. The number of aromatic nitrogens is 2. The molecule has 0 aromatic carbocycles. The highest BCUT2D eigenvalue weighted by atomic mass is 79.9. The summed E-state index contributed by atoms with van der Waals surface area (Å²) >= 11 is 3.02. The number of rotatable bonds is 4. The molecule has 1 amide bonds. The number of halogens is 4. The minimum atomic E-state index is -4.45. The van der Waals surface area contributed by atoms with Gasteiger partial charge in [0, 0.05) is 6.54 Å². The predicted octanol–water partition coefficient (Wildman–Crippen LogP) is 2.36. The molecule has 1 heterocycles. The van der Waals surface area contributed by atoms with Crippen molar-refractivity contribution in [2.24, 2.45) is 0 Å². The first kappa shape index (κ1) is 13.8. The van der Waals surface area contributed by atoms with Gasteiger partial charge in [-0.15, -0.1) is 6.58 Å². The number of aromatic amines is 1. The molecule has 1 aromatic rings. The number of nitrogens with zero attached hydrogens (tertiary/aromatic N) is 2. The number of H-pyrrole nitrogens is 1. The molecule has 1 rings (SSSR count). The van der Waals surface area contributed by atoms with Gasteiger partial charge in [0.05, 0.1) is 10.7 Å². The summed E-state index contributed by atoms with van der Waals surface area (Å²) < 4.78 is 37.1. The lowest BCUT2D eigenvalue weighted by Gasteiger charge is -2.21. The Morgan fingerprint density at radius 1 is 1.65 bits per heavy atom. The molecule has 0 aliphatic heterocycles. The van der Waals surface area contributed by atoms with Crippen molar-refractivity contribution in [3.63, 3.8) is 0 Å². The Morgan fingerprint density at radius 3 is 2.71 bits per heavy atom. The summed E-state index contributed by atoms with van der Waals surface area (Å²) in [4.78, 5) is 12.4. The third kappa shape index (κ3) is 3.88.